The van der Waals surface area contributed by atoms with E-state index in [4.69, 9.17) is 27.1 Å². The van der Waals surface area contributed by atoms with E-state index in [0.717, 1.165) is 65.3 Å². The predicted molar refractivity (Wildman–Crippen MR) is 223 cm³/mol. The van der Waals surface area contributed by atoms with Gasteiger partial charge in [-0.1, -0.05) is 54.8 Å². The third-order valence-corrected chi connectivity index (χ3v) is 11.0. The maximum Gasteiger partial charge on any atom is 0.339 e. The first-order chi connectivity index (χ1) is 27.5. The van der Waals surface area contributed by atoms with Crippen LogP contribution in [0.1, 0.15) is 113 Å². The summed E-state index contributed by atoms with van der Waals surface area (Å²) in [6.45, 7) is 7.37. The molecule has 0 unspecified atom stereocenters. The summed E-state index contributed by atoms with van der Waals surface area (Å²) in [5, 5.41) is 19.3. The van der Waals surface area contributed by atoms with E-state index in [1.165, 1.54) is 18.1 Å². The zero-order valence-corrected chi connectivity index (χ0v) is 34.4. The summed E-state index contributed by atoms with van der Waals surface area (Å²) in [7, 11) is 1.28. The number of rotatable bonds is 17. The van der Waals surface area contributed by atoms with Gasteiger partial charge in [0.1, 0.15) is 16.9 Å². The molecular weight excluding hydrogens is 764 g/mol. The molecule has 13 nitrogen and oxygen atoms in total. The number of hydrogen-bond donors (Lipinski definition) is 4. The molecule has 300 valence electrons. The van der Waals surface area contributed by atoms with Crippen LogP contribution < -0.4 is 21.7 Å². The SMILES string of the molecule is COC(=O)c1ccc(NC(=O)CCCC(=O)NCCCCCCCNC(=O)C[C@@H]2N=C(c3ccc(Cl)cc3)c3c(sc(C)c3C)-n3c(C)nnc32)cc1C#CCN. The molecule has 3 heterocycles. The lowest BCUT2D eigenvalue weighted by Gasteiger charge is -2.13. The Kier molecular flexibility index (Phi) is 15.5. The lowest BCUT2D eigenvalue weighted by molar-refractivity contribution is -0.122. The Morgan fingerprint density at radius 2 is 1.58 bits per heavy atom. The molecule has 0 aliphatic carbocycles. The number of carbonyl (C=O) groups is 4. The number of esters is 1. The van der Waals surface area contributed by atoms with Crippen LogP contribution >= 0.6 is 22.9 Å². The van der Waals surface area contributed by atoms with Crippen LogP contribution in [0.15, 0.2) is 47.5 Å². The number of unbranched alkanes of at least 4 members (excludes halogenated alkanes) is 4. The number of aryl methyl sites for hydroxylation is 2. The van der Waals surface area contributed by atoms with E-state index in [-0.39, 0.29) is 49.1 Å². The van der Waals surface area contributed by atoms with Gasteiger partial charge in [-0.25, -0.2) is 4.79 Å². The summed E-state index contributed by atoms with van der Waals surface area (Å²) >= 11 is 7.89. The Morgan fingerprint density at radius 3 is 2.28 bits per heavy atom. The molecule has 1 atom stereocenters. The highest BCUT2D eigenvalue weighted by atomic mass is 35.5. The van der Waals surface area contributed by atoms with E-state index in [1.54, 1.807) is 23.5 Å². The molecule has 0 fully saturated rings. The topological polar surface area (TPSA) is 183 Å². The number of amides is 3. The Hall–Kier alpha value is -5.36. The van der Waals surface area contributed by atoms with Gasteiger partial charge < -0.3 is 26.4 Å². The summed E-state index contributed by atoms with van der Waals surface area (Å²) in [6.07, 6.45) is 5.51. The van der Waals surface area contributed by atoms with Crippen LogP contribution in [0, 0.1) is 32.6 Å². The van der Waals surface area contributed by atoms with Crippen molar-refractivity contribution in [2.75, 3.05) is 32.1 Å². The van der Waals surface area contributed by atoms with E-state index in [9.17, 15) is 19.2 Å². The lowest BCUT2D eigenvalue weighted by Crippen LogP contribution is -2.26. The van der Waals surface area contributed by atoms with E-state index in [1.807, 2.05) is 35.8 Å². The fraction of sp³-hybridized carbons (Fsp3) is 0.405. The second-order valence-corrected chi connectivity index (χ2v) is 15.4. The molecule has 3 amide bonds. The number of anilines is 1. The minimum absolute atomic E-state index is 0.0960. The van der Waals surface area contributed by atoms with Crippen LogP contribution in [-0.4, -0.2) is 70.9 Å². The van der Waals surface area contributed by atoms with Gasteiger partial charge in [-0.15, -0.1) is 21.5 Å². The molecule has 4 aromatic rings. The molecule has 5 rings (SSSR count). The molecule has 2 aromatic carbocycles. The lowest BCUT2D eigenvalue weighted by atomic mass is 9.99. The van der Waals surface area contributed by atoms with Crippen molar-refractivity contribution in [2.45, 2.75) is 84.6 Å². The van der Waals surface area contributed by atoms with Gasteiger partial charge in [0.05, 0.1) is 31.4 Å². The van der Waals surface area contributed by atoms with Crippen LogP contribution in [-0.2, 0) is 19.1 Å². The smallest absolute Gasteiger partial charge is 0.339 e. The van der Waals surface area contributed by atoms with Gasteiger partial charge in [0.15, 0.2) is 5.82 Å². The number of ether oxygens (including phenoxy) is 1. The van der Waals surface area contributed by atoms with Crippen LogP contribution in [0.25, 0.3) is 5.00 Å². The van der Waals surface area contributed by atoms with Crippen molar-refractivity contribution >= 4 is 58.0 Å². The number of carbonyl (C=O) groups excluding carboxylic acids is 4. The van der Waals surface area contributed by atoms with Crippen LogP contribution in [0.5, 0.6) is 0 Å². The normalized spacial score (nSPS) is 12.9. The quantitative estimate of drug-likeness (QED) is 0.0546. The van der Waals surface area contributed by atoms with Crippen molar-refractivity contribution in [1.29, 1.82) is 0 Å². The second kappa shape index (κ2) is 20.7. The number of nitrogens with two attached hydrogens (primary N) is 1. The first-order valence-corrected chi connectivity index (χ1v) is 20.3. The molecule has 0 bridgehead atoms. The molecule has 15 heteroatoms. The summed E-state index contributed by atoms with van der Waals surface area (Å²) in [6, 6.07) is 11.8. The highest BCUT2D eigenvalue weighted by molar-refractivity contribution is 7.15. The van der Waals surface area contributed by atoms with Gasteiger partial charge >= 0.3 is 5.97 Å². The van der Waals surface area contributed by atoms with Crippen molar-refractivity contribution < 1.29 is 23.9 Å². The second-order valence-electron chi connectivity index (χ2n) is 13.7. The number of halogens is 1. The van der Waals surface area contributed by atoms with Gasteiger partial charge in [-0.2, -0.15) is 0 Å². The number of benzene rings is 2. The Morgan fingerprint density at radius 1 is 0.895 bits per heavy atom. The first kappa shape index (κ1) is 42.8. The van der Waals surface area contributed by atoms with Crippen molar-refractivity contribution in [3.8, 4) is 16.8 Å². The minimum Gasteiger partial charge on any atom is -0.465 e. The minimum atomic E-state index is -0.532. The number of aromatic nitrogens is 3. The molecule has 0 spiro atoms. The number of hydrogen-bond acceptors (Lipinski definition) is 10. The number of nitrogens with zero attached hydrogens (tertiary/aromatic N) is 4. The number of methoxy groups -OCH3 is 1. The molecule has 0 saturated carbocycles. The maximum absolute atomic E-state index is 13.2. The monoisotopic (exact) mass is 812 g/mol. The van der Waals surface area contributed by atoms with Crippen molar-refractivity contribution in [1.82, 2.24) is 25.4 Å². The third-order valence-electron chi connectivity index (χ3n) is 9.58. The summed E-state index contributed by atoms with van der Waals surface area (Å²) in [5.41, 5.74) is 10.5. The maximum atomic E-state index is 13.2. The fourth-order valence-electron chi connectivity index (χ4n) is 6.50. The fourth-order valence-corrected chi connectivity index (χ4v) is 7.84. The zero-order valence-electron chi connectivity index (χ0n) is 32.8. The Balaban J connectivity index is 0.988. The van der Waals surface area contributed by atoms with E-state index in [0.29, 0.717) is 41.6 Å². The highest BCUT2D eigenvalue weighted by Crippen LogP contribution is 2.39. The predicted octanol–water partition coefficient (Wildman–Crippen LogP) is 6.28. The summed E-state index contributed by atoms with van der Waals surface area (Å²) < 4.78 is 6.83. The molecular formula is C42H49ClN8O5S. The molecule has 5 N–H and O–H groups in total. The van der Waals surface area contributed by atoms with Gasteiger partial charge in [-0.3, -0.25) is 23.9 Å². The number of thiophene rings is 1. The van der Waals surface area contributed by atoms with Crippen molar-refractivity contribution in [3.63, 3.8) is 0 Å². The van der Waals surface area contributed by atoms with Gasteiger partial charge in [-0.05, 0) is 75.9 Å². The third kappa shape index (κ3) is 11.4. The van der Waals surface area contributed by atoms with E-state index in [2.05, 4.69) is 51.8 Å². The average Bonchev–Trinajstić information content (AvgIpc) is 3.67. The molecule has 57 heavy (non-hydrogen) atoms. The number of aliphatic imine (C=N–C) groups is 1. The van der Waals surface area contributed by atoms with Crippen molar-refractivity contribution in [2.24, 2.45) is 10.7 Å². The molecule has 1 aliphatic rings. The Bertz CT molecular complexity index is 2180. The van der Waals surface area contributed by atoms with Gasteiger partial charge in [0.2, 0.25) is 17.7 Å². The van der Waals surface area contributed by atoms with Gasteiger partial charge in [0, 0.05) is 58.2 Å². The van der Waals surface area contributed by atoms with E-state index >= 15 is 0 Å². The average molecular weight is 813 g/mol. The highest BCUT2D eigenvalue weighted by Gasteiger charge is 2.32. The van der Waals surface area contributed by atoms with E-state index < -0.39 is 12.0 Å². The largest absolute Gasteiger partial charge is 0.465 e. The molecule has 0 radical (unpaired) electrons. The van der Waals surface area contributed by atoms with Crippen LogP contribution in [0.3, 0.4) is 0 Å². The zero-order chi connectivity index (χ0) is 40.9. The molecule has 1 aliphatic heterocycles. The molecule has 0 saturated heterocycles. The Labute approximate surface area is 342 Å². The molecule has 2 aromatic heterocycles. The van der Waals surface area contributed by atoms with Crippen molar-refractivity contribution in [3.05, 3.63) is 91.8 Å². The summed E-state index contributed by atoms with van der Waals surface area (Å²) in [4.78, 5) is 56.4. The number of fused-ring (bicyclic) bond motifs is 3. The van der Waals surface area contributed by atoms with Crippen LogP contribution in [0.4, 0.5) is 5.69 Å². The number of nitrogens with one attached hydrogen (secondary N) is 3. The first-order valence-electron chi connectivity index (χ1n) is 19.1. The van der Waals surface area contributed by atoms with Crippen LogP contribution in [0.2, 0.25) is 5.02 Å². The summed E-state index contributed by atoms with van der Waals surface area (Å²) in [5.74, 6) is 5.96. The standard InChI is InChI=1S/C42H49ClN8O5S/c1-26-27(2)57-41-38(26)39(29-15-17-31(43)18-16-29)48-34(40-50-49-28(3)51(40)41)25-37(54)46-23-9-7-5-6-8-22-45-35(52)13-10-14-36(53)47-32-19-20-33(42(55)56-4)30(24-32)12-11-21-44/h15-20,24,34H,5-10,13-14,21-23,25,44H2,1-4H3,(H,45,52)(H,46,54)(H,47,53)/t34-/m0/s1. The van der Waals surface area contributed by atoms with Gasteiger partial charge in [0.25, 0.3) is 0 Å².